The molecule has 0 bridgehead atoms. The van der Waals surface area contributed by atoms with E-state index >= 15 is 0 Å². The number of hydrogen-bond acceptors (Lipinski definition) is 3. The van der Waals surface area contributed by atoms with Crippen LogP contribution in [-0.4, -0.2) is 36.6 Å². The summed E-state index contributed by atoms with van der Waals surface area (Å²) in [5, 5.41) is 0. The van der Waals surface area contributed by atoms with Crippen molar-refractivity contribution in [2.45, 2.75) is 45.7 Å². The number of aryl methyl sites for hydroxylation is 1. The van der Waals surface area contributed by atoms with Gasteiger partial charge in [-0.1, -0.05) is 0 Å². The predicted molar refractivity (Wildman–Crippen MR) is 77.1 cm³/mol. The first-order chi connectivity index (χ1) is 8.50. The summed E-state index contributed by atoms with van der Waals surface area (Å²) in [7, 11) is 4.09. The smallest absolute Gasteiger partial charge is 0.130 e. The minimum Gasteiger partial charge on any atom is -0.363 e. The SMILES string of the molecule is Cc1cc([C@H]2CCCN2C(C)C)cnc1N(C)C. The zero-order valence-electron chi connectivity index (χ0n) is 12.3. The van der Waals surface area contributed by atoms with Crippen molar-refractivity contribution in [3.63, 3.8) is 0 Å². The zero-order valence-corrected chi connectivity index (χ0v) is 12.3. The van der Waals surface area contributed by atoms with Gasteiger partial charge in [-0.05, 0) is 57.4 Å². The molecular formula is C15H25N3. The molecule has 0 radical (unpaired) electrons. The number of anilines is 1. The highest BCUT2D eigenvalue weighted by Crippen LogP contribution is 2.34. The Hall–Kier alpha value is -1.09. The van der Waals surface area contributed by atoms with Gasteiger partial charge in [-0.25, -0.2) is 4.98 Å². The number of hydrogen-bond donors (Lipinski definition) is 0. The first kappa shape index (κ1) is 13.3. The molecule has 1 aromatic rings. The van der Waals surface area contributed by atoms with Crippen LogP contribution in [0.3, 0.4) is 0 Å². The van der Waals surface area contributed by atoms with Crippen LogP contribution in [0.2, 0.25) is 0 Å². The first-order valence-electron chi connectivity index (χ1n) is 6.90. The van der Waals surface area contributed by atoms with Crippen molar-refractivity contribution in [3.05, 3.63) is 23.4 Å². The third-order valence-electron chi connectivity index (χ3n) is 3.84. The molecule has 2 rings (SSSR count). The van der Waals surface area contributed by atoms with Gasteiger partial charge in [0.15, 0.2) is 0 Å². The molecule has 0 aromatic carbocycles. The summed E-state index contributed by atoms with van der Waals surface area (Å²) in [5.41, 5.74) is 2.65. The Morgan fingerprint density at radius 2 is 2.11 bits per heavy atom. The first-order valence-corrected chi connectivity index (χ1v) is 6.90. The normalized spacial score (nSPS) is 20.7. The average molecular weight is 247 g/mol. The van der Waals surface area contributed by atoms with Crippen LogP contribution in [0.15, 0.2) is 12.3 Å². The summed E-state index contributed by atoms with van der Waals surface area (Å²) in [6.07, 6.45) is 4.63. The molecule has 1 atom stereocenters. The van der Waals surface area contributed by atoms with E-state index in [2.05, 4.69) is 47.8 Å². The molecule has 18 heavy (non-hydrogen) atoms. The molecule has 1 aliphatic heterocycles. The summed E-state index contributed by atoms with van der Waals surface area (Å²) in [5.74, 6) is 1.08. The van der Waals surface area contributed by atoms with Crippen molar-refractivity contribution < 1.29 is 0 Å². The third kappa shape index (κ3) is 2.51. The monoisotopic (exact) mass is 247 g/mol. The Bertz CT molecular complexity index is 412. The van der Waals surface area contributed by atoms with Gasteiger partial charge >= 0.3 is 0 Å². The fourth-order valence-electron chi connectivity index (χ4n) is 3.00. The van der Waals surface area contributed by atoms with E-state index in [1.807, 2.05) is 14.1 Å². The molecule has 2 heterocycles. The summed E-state index contributed by atoms with van der Waals surface area (Å²) in [6.45, 7) is 7.94. The van der Waals surface area contributed by atoms with Gasteiger partial charge in [0.1, 0.15) is 5.82 Å². The zero-order chi connectivity index (χ0) is 13.3. The molecule has 1 aliphatic rings. The van der Waals surface area contributed by atoms with Crippen LogP contribution in [0.1, 0.15) is 43.9 Å². The largest absolute Gasteiger partial charge is 0.363 e. The summed E-state index contributed by atoms with van der Waals surface area (Å²) < 4.78 is 0. The number of nitrogens with zero attached hydrogens (tertiary/aromatic N) is 3. The molecule has 0 aliphatic carbocycles. The summed E-state index contributed by atoms with van der Waals surface area (Å²) in [4.78, 5) is 9.28. The van der Waals surface area contributed by atoms with Crippen molar-refractivity contribution >= 4 is 5.82 Å². The Labute approximate surface area is 111 Å². The minimum atomic E-state index is 0.562. The molecule has 0 saturated carbocycles. The number of pyridine rings is 1. The highest BCUT2D eigenvalue weighted by molar-refractivity contribution is 5.46. The van der Waals surface area contributed by atoms with Crippen LogP contribution in [0, 0.1) is 6.92 Å². The summed E-state index contributed by atoms with van der Waals surface area (Å²) >= 11 is 0. The van der Waals surface area contributed by atoms with E-state index in [0.29, 0.717) is 12.1 Å². The van der Waals surface area contributed by atoms with Crippen LogP contribution in [-0.2, 0) is 0 Å². The molecular weight excluding hydrogens is 222 g/mol. The van der Waals surface area contributed by atoms with Crippen LogP contribution in [0.5, 0.6) is 0 Å². The van der Waals surface area contributed by atoms with E-state index in [-0.39, 0.29) is 0 Å². The number of aromatic nitrogens is 1. The highest BCUT2D eigenvalue weighted by atomic mass is 15.2. The van der Waals surface area contributed by atoms with Crippen LogP contribution in [0.25, 0.3) is 0 Å². The van der Waals surface area contributed by atoms with E-state index in [1.165, 1.54) is 30.5 Å². The topological polar surface area (TPSA) is 19.4 Å². The van der Waals surface area contributed by atoms with E-state index < -0.39 is 0 Å². The maximum atomic E-state index is 4.62. The molecule has 0 N–H and O–H groups in total. The number of rotatable bonds is 3. The van der Waals surface area contributed by atoms with Gasteiger partial charge in [0, 0.05) is 32.4 Å². The van der Waals surface area contributed by atoms with E-state index in [1.54, 1.807) is 0 Å². The molecule has 0 amide bonds. The molecule has 1 saturated heterocycles. The average Bonchev–Trinajstić information content (AvgIpc) is 2.77. The lowest BCUT2D eigenvalue weighted by atomic mass is 10.0. The maximum absolute atomic E-state index is 4.62. The van der Waals surface area contributed by atoms with Gasteiger partial charge < -0.3 is 4.90 Å². The maximum Gasteiger partial charge on any atom is 0.130 e. The Morgan fingerprint density at radius 3 is 2.67 bits per heavy atom. The van der Waals surface area contributed by atoms with Crippen molar-refractivity contribution in [2.24, 2.45) is 0 Å². The van der Waals surface area contributed by atoms with Crippen molar-refractivity contribution in [2.75, 3.05) is 25.5 Å². The van der Waals surface area contributed by atoms with Crippen molar-refractivity contribution in [1.82, 2.24) is 9.88 Å². The fourth-order valence-corrected chi connectivity index (χ4v) is 3.00. The van der Waals surface area contributed by atoms with Crippen LogP contribution >= 0.6 is 0 Å². The van der Waals surface area contributed by atoms with Gasteiger partial charge in [0.05, 0.1) is 0 Å². The second-order valence-corrected chi connectivity index (χ2v) is 5.79. The second-order valence-electron chi connectivity index (χ2n) is 5.79. The Balaban J connectivity index is 2.26. The lowest BCUT2D eigenvalue weighted by molar-refractivity contribution is 0.205. The van der Waals surface area contributed by atoms with Crippen LogP contribution < -0.4 is 4.90 Å². The quantitative estimate of drug-likeness (QED) is 0.818. The molecule has 3 heteroatoms. The van der Waals surface area contributed by atoms with Gasteiger partial charge in [-0.15, -0.1) is 0 Å². The van der Waals surface area contributed by atoms with Gasteiger partial charge in [0.25, 0.3) is 0 Å². The van der Waals surface area contributed by atoms with Crippen molar-refractivity contribution in [1.29, 1.82) is 0 Å². The van der Waals surface area contributed by atoms with E-state index in [0.717, 1.165) is 5.82 Å². The van der Waals surface area contributed by atoms with E-state index in [9.17, 15) is 0 Å². The Morgan fingerprint density at radius 1 is 1.39 bits per heavy atom. The standard InChI is InChI=1S/C15H25N3/c1-11(2)18-8-6-7-14(18)13-9-12(3)15(16-10-13)17(4)5/h9-11,14H,6-8H2,1-5H3/t14-/m1/s1. The minimum absolute atomic E-state index is 0.562. The van der Waals surface area contributed by atoms with Crippen LogP contribution in [0.4, 0.5) is 5.82 Å². The molecule has 100 valence electrons. The second kappa shape index (κ2) is 5.27. The third-order valence-corrected chi connectivity index (χ3v) is 3.84. The van der Waals surface area contributed by atoms with Gasteiger partial charge in [-0.2, -0.15) is 0 Å². The van der Waals surface area contributed by atoms with E-state index in [4.69, 9.17) is 0 Å². The van der Waals surface area contributed by atoms with Gasteiger partial charge in [-0.3, -0.25) is 4.90 Å². The molecule has 0 unspecified atom stereocenters. The predicted octanol–water partition coefficient (Wildman–Crippen LogP) is 3.00. The fraction of sp³-hybridized carbons (Fsp3) is 0.667. The molecule has 0 spiro atoms. The molecule has 1 aromatic heterocycles. The lowest BCUT2D eigenvalue weighted by Crippen LogP contribution is -2.30. The lowest BCUT2D eigenvalue weighted by Gasteiger charge is -2.29. The molecule has 1 fully saturated rings. The highest BCUT2D eigenvalue weighted by Gasteiger charge is 2.28. The summed E-state index contributed by atoms with van der Waals surface area (Å²) in [6, 6.07) is 3.49. The molecule has 3 nitrogen and oxygen atoms in total. The van der Waals surface area contributed by atoms with Crippen molar-refractivity contribution in [3.8, 4) is 0 Å². The number of likely N-dealkylation sites (tertiary alicyclic amines) is 1. The van der Waals surface area contributed by atoms with Gasteiger partial charge in [0.2, 0.25) is 0 Å². The Kier molecular flexibility index (Phi) is 3.91.